The van der Waals surface area contributed by atoms with E-state index in [1.807, 2.05) is 38.4 Å². The summed E-state index contributed by atoms with van der Waals surface area (Å²) in [7, 11) is 0.194. The lowest BCUT2D eigenvalue weighted by molar-refractivity contribution is 0.0946. The van der Waals surface area contributed by atoms with Crippen molar-refractivity contribution in [2.45, 2.75) is 31.8 Å². The Morgan fingerprint density at radius 3 is 2.14 bits per heavy atom. The molecule has 0 unspecified atom stereocenters. The van der Waals surface area contributed by atoms with Crippen molar-refractivity contribution in [3.05, 3.63) is 65.0 Å². The maximum Gasteiger partial charge on any atom is 0.254 e. The van der Waals surface area contributed by atoms with Gasteiger partial charge in [0.05, 0.1) is 10.5 Å². The molecule has 6 nitrogen and oxygen atoms in total. The Morgan fingerprint density at radius 1 is 1.00 bits per heavy atom. The van der Waals surface area contributed by atoms with E-state index >= 15 is 0 Å². The van der Waals surface area contributed by atoms with Crippen LogP contribution in [-0.2, 0) is 23.1 Å². The van der Waals surface area contributed by atoms with Gasteiger partial charge in [-0.15, -0.1) is 0 Å². The molecule has 1 N–H and O–H groups in total. The van der Waals surface area contributed by atoms with Crippen molar-refractivity contribution in [3.63, 3.8) is 0 Å². The van der Waals surface area contributed by atoms with Gasteiger partial charge in [-0.2, -0.15) is 4.31 Å². The number of nitrogens with one attached hydrogen (secondary N) is 1. The Labute approximate surface area is 172 Å². The minimum atomic E-state index is -3.77. The quantitative estimate of drug-likeness (QED) is 0.676. The zero-order chi connectivity index (χ0) is 21.6. The van der Waals surface area contributed by atoms with Gasteiger partial charge in [0.15, 0.2) is 0 Å². The number of nitrogens with zero attached hydrogens (tertiary/aromatic N) is 2. The minimum absolute atomic E-state index is 0.0965. The standard InChI is InChI=1S/C21H28FN3O3S/c1-5-25(6-2)29(27,28)18-11-12-20(22)19(13-18)21(26)23-14-16-7-9-17(10-8-16)15-24(3)4/h7-13H,5-6,14-15H2,1-4H3,(H,23,26). The van der Waals surface area contributed by atoms with E-state index in [2.05, 4.69) is 10.2 Å². The Balaban J connectivity index is 2.15. The van der Waals surface area contributed by atoms with Crippen molar-refractivity contribution in [1.82, 2.24) is 14.5 Å². The van der Waals surface area contributed by atoms with Gasteiger partial charge in [-0.3, -0.25) is 4.79 Å². The molecule has 0 fully saturated rings. The number of rotatable bonds is 9. The predicted octanol–water partition coefficient (Wildman–Crippen LogP) is 2.85. The molecule has 0 spiro atoms. The summed E-state index contributed by atoms with van der Waals surface area (Å²) < 4.78 is 40.7. The van der Waals surface area contributed by atoms with E-state index in [-0.39, 0.29) is 17.0 Å². The summed E-state index contributed by atoms with van der Waals surface area (Å²) in [6.07, 6.45) is 0. The van der Waals surface area contributed by atoms with Crippen LogP contribution in [0.5, 0.6) is 0 Å². The summed E-state index contributed by atoms with van der Waals surface area (Å²) in [5.41, 5.74) is 1.72. The normalized spacial score (nSPS) is 11.8. The summed E-state index contributed by atoms with van der Waals surface area (Å²) in [5, 5.41) is 2.65. The Kier molecular flexibility index (Phi) is 7.89. The fourth-order valence-corrected chi connectivity index (χ4v) is 4.44. The molecule has 2 aromatic carbocycles. The summed E-state index contributed by atoms with van der Waals surface area (Å²) in [6.45, 7) is 5.06. The minimum Gasteiger partial charge on any atom is -0.348 e. The fraction of sp³-hybridized carbons (Fsp3) is 0.381. The number of amides is 1. The Morgan fingerprint density at radius 2 is 1.59 bits per heavy atom. The molecule has 2 rings (SSSR count). The second kappa shape index (κ2) is 9.96. The second-order valence-corrected chi connectivity index (χ2v) is 8.91. The molecule has 1 amide bonds. The molecule has 0 saturated heterocycles. The van der Waals surface area contributed by atoms with Crippen LogP contribution in [-0.4, -0.2) is 50.7 Å². The fourth-order valence-electron chi connectivity index (χ4n) is 2.96. The zero-order valence-electron chi connectivity index (χ0n) is 17.3. The molecule has 2 aromatic rings. The van der Waals surface area contributed by atoms with Crippen molar-refractivity contribution in [3.8, 4) is 0 Å². The molecule has 0 heterocycles. The number of sulfonamides is 1. The van der Waals surface area contributed by atoms with Crippen LogP contribution in [0.2, 0.25) is 0 Å². The van der Waals surface area contributed by atoms with Gasteiger partial charge < -0.3 is 10.2 Å². The lowest BCUT2D eigenvalue weighted by Gasteiger charge is -2.19. The third kappa shape index (κ3) is 5.85. The van der Waals surface area contributed by atoms with E-state index in [0.29, 0.717) is 13.1 Å². The SMILES string of the molecule is CCN(CC)S(=O)(=O)c1ccc(F)c(C(=O)NCc2ccc(CN(C)C)cc2)c1. The number of benzene rings is 2. The monoisotopic (exact) mass is 421 g/mol. The van der Waals surface area contributed by atoms with Crippen molar-refractivity contribution >= 4 is 15.9 Å². The number of hydrogen-bond donors (Lipinski definition) is 1. The third-order valence-corrected chi connectivity index (χ3v) is 6.55. The first-order valence-corrected chi connectivity index (χ1v) is 10.9. The van der Waals surface area contributed by atoms with E-state index in [1.54, 1.807) is 13.8 Å². The van der Waals surface area contributed by atoms with E-state index in [4.69, 9.17) is 0 Å². The van der Waals surface area contributed by atoms with E-state index < -0.39 is 21.7 Å². The Bertz CT molecular complexity index is 940. The highest BCUT2D eigenvalue weighted by Crippen LogP contribution is 2.19. The number of carbonyl (C=O) groups excluding carboxylic acids is 1. The molecule has 8 heteroatoms. The van der Waals surface area contributed by atoms with Gasteiger partial charge in [-0.25, -0.2) is 12.8 Å². The van der Waals surface area contributed by atoms with Crippen LogP contribution in [0.25, 0.3) is 0 Å². The van der Waals surface area contributed by atoms with Crippen LogP contribution in [0.1, 0.15) is 35.3 Å². The van der Waals surface area contributed by atoms with Gasteiger partial charge in [0.25, 0.3) is 5.91 Å². The maximum atomic E-state index is 14.2. The van der Waals surface area contributed by atoms with E-state index in [0.717, 1.165) is 29.8 Å². The summed E-state index contributed by atoms with van der Waals surface area (Å²) in [6, 6.07) is 11.0. The van der Waals surface area contributed by atoms with E-state index in [1.165, 1.54) is 10.4 Å². The molecule has 29 heavy (non-hydrogen) atoms. The van der Waals surface area contributed by atoms with Gasteiger partial charge in [-0.05, 0) is 43.4 Å². The Hall–Kier alpha value is -2.29. The van der Waals surface area contributed by atoms with E-state index in [9.17, 15) is 17.6 Å². The molecule has 0 radical (unpaired) electrons. The third-order valence-electron chi connectivity index (χ3n) is 4.50. The highest BCUT2D eigenvalue weighted by Gasteiger charge is 2.24. The van der Waals surface area contributed by atoms with Crippen molar-refractivity contribution in [1.29, 1.82) is 0 Å². The van der Waals surface area contributed by atoms with Crippen LogP contribution in [0.3, 0.4) is 0 Å². The molecule has 0 saturated carbocycles. The molecule has 158 valence electrons. The highest BCUT2D eigenvalue weighted by molar-refractivity contribution is 7.89. The molecule has 0 aliphatic heterocycles. The van der Waals surface area contributed by atoms with Gasteiger partial charge >= 0.3 is 0 Å². The van der Waals surface area contributed by atoms with Crippen LogP contribution < -0.4 is 5.32 Å². The average molecular weight is 422 g/mol. The molecule has 0 aliphatic rings. The number of carbonyl (C=O) groups is 1. The smallest absolute Gasteiger partial charge is 0.254 e. The highest BCUT2D eigenvalue weighted by atomic mass is 32.2. The van der Waals surface area contributed by atoms with Crippen LogP contribution in [0, 0.1) is 5.82 Å². The lowest BCUT2D eigenvalue weighted by atomic mass is 10.1. The van der Waals surface area contributed by atoms with Crippen LogP contribution in [0.15, 0.2) is 47.4 Å². The maximum absolute atomic E-state index is 14.2. The van der Waals surface area contributed by atoms with Crippen molar-refractivity contribution in [2.75, 3.05) is 27.2 Å². The van der Waals surface area contributed by atoms with Crippen molar-refractivity contribution < 1.29 is 17.6 Å². The predicted molar refractivity (Wildman–Crippen MR) is 112 cm³/mol. The average Bonchev–Trinajstić information content (AvgIpc) is 2.67. The molecule has 0 bridgehead atoms. The largest absolute Gasteiger partial charge is 0.348 e. The lowest BCUT2D eigenvalue weighted by Crippen LogP contribution is -2.31. The summed E-state index contributed by atoms with van der Waals surface area (Å²) >= 11 is 0. The van der Waals surface area contributed by atoms with Crippen LogP contribution >= 0.6 is 0 Å². The van der Waals surface area contributed by atoms with Crippen LogP contribution in [0.4, 0.5) is 4.39 Å². The number of halogens is 1. The summed E-state index contributed by atoms with van der Waals surface area (Å²) in [5.74, 6) is -1.42. The molecule has 0 aromatic heterocycles. The first kappa shape index (κ1) is 23.0. The van der Waals surface area contributed by atoms with Gasteiger partial charge in [0, 0.05) is 26.2 Å². The first-order valence-electron chi connectivity index (χ1n) is 9.49. The van der Waals surface area contributed by atoms with Crippen molar-refractivity contribution in [2.24, 2.45) is 0 Å². The zero-order valence-corrected chi connectivity index (χ0v) is 18.1. The van der Waals surface area contributed by atoms with Gasteiger partial charge in [0.2, 0.25) is 10.0 Å². The van der Waals surface area contributed by atoms with Gasteiger partial charge in [-0.1, -0.05) is 38.1 Å². The van der Waals surface area contributed by atoms with Gasteiger partial charge in [0.1, 0.15) is 5.82 Å². The topological polar surface area (TPSA) is 69.7 Å². The first-order chi connectivity index (χ1) is 13.7. The molecular formula is C21H28FN3O3S. The molecular weight excluding hydrogens is 393 g/mol. The number of hydrogen-bond acceptors (Lipinski definition) is 4. The summed E-state index contributed by atoms with van der Waals surface area (Å²) in [4.78, 5) is 14.4. The second-order valence-electron chi connectivity index (χ2n) is 6.97. The molecule has 0 atom stereocenters. The molecule has 0 aliphatic carbocycles.